The molecule has 0 radical (unpaired) electrons. The highest BCUT2D eigenvalue weighted by atomic mass is 32.2. The number of carbonyl (C=O) groups is 2. The largest absolute Gasteiger partial charge is 0.495 e. The van der Waals surface area contributed by atoms with Crippen LogP contribution in [0.15, 0.2) is 53.4 Å². The van der Waals surface area contributed by atoms with E-state index in [1.165, 1.54) is 31.4 Å². The van der Waals surface area contributed by atoms with Crippen LogP contribution in [0.3, 0.4) is 0 Å². The van der Waals surface area contributed by atoms with Gasteiger partial charge in [-0.25, -0.2) is 4.90 Å². The van der Waals surface area contributed by atoms with Crippen molar-refractivity contribution in [2.45, 2.75) is 0 Å². The normalized spacial score (nSPS) is 15.7. The summed E-state index contributed by atoms with van der Waals surface area (Å²) >= 11 is 0.778. The Hall–Kier alpha value is -3.13. The van der Waals surface area contributed by atoms with E-state index in [1.54, 1.807) is 30.3 Å². The molecule has 2 aromatic rings. The molecule has 1 aliphatic rings. The highest BCUT2D eigenvalue weighted by Crippen LogP contribution is 2.39. The van der Waals surface area contributed by atoms with Gasteiger partial charge in [-0.1, -0.05) is 24.3 Å². The van der Waals surface area contributed by atoms with Crippen LogP contribution in [0.2, 0.25) is 0 Å². The molecule has 3 rings (SSSR count). The second kappa shape index (κ2) is 6.78. The van der Waals surface area contributed by atoms with Crippen LogP contribution >= 0.6 is 11.8 Å². The number of methoxy groups -OCH3 is 1. The number of amides is 2. The Morgan fingerprint density at radius 1 is 1.16 bits per heavy atom. The zero-order valence-electron chi connectivity index (χ0n) is 13.0. The number of non-ortho nitro benzene ring substituents is 1. The zero-order valence-corrected chi connectivity index (χ0v) is 13.9. The van der Waals surface area contributed by atoms with Crippen molar-refractivity contribution in [3.8, 4) is 5.75 Å². The molecule has 0 N–H and O–H groups in total. The number of thioether (sulfide) groups is 1. The molecule has 1 heterocycles. The maximum Gasteiger partial charge on any atom is 0.298 e. The number of carbonyl (C=O) groups excluding carboxylic acids is 2. The Labute approximate surface area is 147 Å². The second-order valence-corrected chi connectivity index (χ2v) is 6.03. The average Bonchev–Trinajstić information content (AvgIpc) is 2.88. The SMILES string of the molecule is COc1ccccc1N1C(=O)SC(=Cc2cccc([N+](=O)[O-])c2)C1=O. The number of hydrogen-bond acceptors (Lipinski definition) is 6. The van der Waals surface area contributed by atoms with Crippen LogP contribution in [0.25, 0.3) is 6.08 Å². The third-order valence-corrected chi connectivity index (χ3v) is 4.37. The van der Waals surface area contributed by atoms with Crippen molar-refractivity contribution in [3.63, 3.8) is 0 Å². The number of hydrogen-bond donors (Lipinski definition) is 0. The lowest BCUT2D eigenvalue weighted by Crippen LogP contribution is -2.28. The Morgan fingerprint density at radius 3 is 2.64 bits per heavy atom. The molecule has 25 heavy (non-hydrogen) atoms. The molecule has 2 amide bonds. The van der Waals surface area contributed by atoms with Gasteiger partial charge in [0.25, 0.3) is 16.8 Å². The predicted molar refractivity (Wildman–Crippen MR) is 94.5 cm³/mol. The lowest BCUT2D eigenvalue weighted by atomic mass is 10.2. The summed E-state index contributed by atoms with van der Waals surface area (Å²) in [6.45, 7) is 0. The van der Waals surface area contributed by atoms with E-state index in [9.17, 15) is 19.7 Å². The molecule has 126 valence electrons. The molecule has 0 aromatic heterocycles. The molecular formula is C17H12N2O5S. The number of nitrogens with zero attached hydrogens (tertiary/aromatic N) is 2. The average molecular weight is 356 g/mol. The fourth-order valence-corrected chi connectivity index (χ4v) is 3.20. The first-order valence-corrected chi connectivity index (χ1v) is 7.98. The van der Waals surface area contributed by atoms with Gasteiger partial charge in [0.1, 0.15) is 5.75 Å². The van der Waals surface area contributed by atoms with Crippen molar-refractivity contribution in [3.05, 3.63) is 69.1 Å². The van der Waals surface area contributed by atoms with Gasteiger partial charge >= 0.3 is 0 Å². The molecular weight excluding hydrogens is 344 g/mol. The van der Waals surface area contributed by atoms with Crippen LogP contribution < -0.4 is 9.64 Å². The maximum atomic E-state index is 12.6. The van der Waals surface area contributed by atoms with E-state index in [4.69, 9.17) is 4.74 Å². The molecule has 7 nitrogen and oxygen atoms in total. The molecule has 0 atom stereocenters. The molecule has 0 unspecified atom stereocenters. The van der Waals surface area contributed by atoms with E-state index in [0.29, 0.717) is 17.0 Å². The van der Waals surface area contributed by atoms with Crippen LogP contribution in [-0.2, 0) is 4.79 Å². The molecule has 1 fully saturated rings. The fraction of sp³-hybridized carbons (Fsp3) is 0.0588. The Morgan fingerprint density at radius 2 is 1.92 bits per heavy atom. The van der Waals surface area contributed by atoms with Gasteiger partial charge in [0.05, 0.1) is 22.6 Å². The van der Waals surface area contributed by atoms with Gasteiger partial charge in [-0.3, -0.25) is 19.7 Å². The molecule has 0 spiro atoms. The summed E-state index contributed by atoms with van der Waals surface area (Å²) in [5.41, 5.74) is 0.743. The van der Waals surface area contributed by atoms with Crippen LogP contribution in [0.5, 0.6) is 5.75 Å². The van der Waals surface area contributed by atoms with Gasteiger partial charge in [0, 0.05) is 12.1 Å². The van der Waals surface area contributed by atoms with Crippen molar-refractivity contribution >= 4 is 40.4 Å². The number of imide groups is 1. The summed E-state index contributed by atoms with van der Waals surface area (Å²) in [7, 11) is 1.46. The summed E-state index contributed by atoms with van der Waals surface area (Å²) in [6.07, 6.45) is 1.47. The van der Waals surface area contributed by atoms with Gasteiger partial charge in [-0.2, -0.15) is 0 Å². The molecule has 0 saturated carbocycles. The minimum absolute atomic E-state index is 0.0855. The topological polar surface area (TPSA) is 89.8 Å². The number of para-hydroxylation sites is 2. The lowest BCUT2D eigenvalue weighted by Gasteiger charge is -2.15. The standard InChI is InChI=1S/C17H12N2O5S/c1-24-14-8-3-2-7-13(14)18-16(20)15(25-17(18)21)10-11-5-4-6-12(9-11)19(22)23/h2-10H,1H3. The lowest BCUT2D eigenvalue weighted by molar-refractivity contribution is -0.384. The van der Waals surface area contributed by atoms with E-state index in [-0.39, 0.29) is 10.6 Å². The zero-order chi connectivity index (χ0) is 18.0. The van der Waals surface area contributed by atoms with Gasteiger partial charge in [-0.05, 0) is 35.5 Å². The molecule has 8 heteroatoms. The summed E-state index contributed by atoms with van der Waals surface area (Å²) < 4.78 is 5.20. The van der Waals surface area contributed by atoms with Crippen molar-refractivity contribution < 1.29 is 19.2 Å². The number of nitro benzene ring substituents is 1. The van der Waals surface area contributed by atoms with Gasteiger partial charge < -0.3 is 4.74 Å². The van der Waals surface area contributed by atoms with Crippen molar-refractivity contribution in [2.24, 2.45) is 0 Å². The highest BCUT2D eigenvalue weighted by Gasteiger charge is 2.37. The first-order chi connectivity index (χ1) is 12.0. The highest BCUT2D eigenvalue weighted by molar-refractivity contribution is 8.19. The fourth-order valence-electron chi connectivity index (χ4n) is 2.37. The maximum absolute atomic E-state index is 12.6. The summed E-state index contributed by atoms with van der Waals surface area (Å²) in [6, 6.07) is 12.6. The molecule has 2 aromatic carbocycles. The van der Waals surface area contributed by atoms with Gasteiger partial charge in [-0.15, -0.1) is 0 Å². The second-order valence-electron chi connectivity index (χ2n) is 5.04. The number of anilines is 1. The first kappa shape index (κ1) is 16.7. The Bertz CT molecular complexity index is 909. The van der Waals surface area contributed by atoms with Crippen molar-refractivity contribution in [1.29, 1.82) is 0 Å². The van der Waals surface area contributed by atoms with Crippen molar-refractivity contribution in [2.75, 3.05) is 12.0 Å². The Balaban J connectivity index is 1.96. The monoisotopic (exact) mass is 356 g/mol. The van der Waals surface area contributed by atoms with E-state index in [2.05, 4.69) is 0 Å². The van der Waals surface area contributed by atoms with Crippen molar-refractivity contribution in [1.82, 2.24) is 0 Å². The minimum Gasteiger partial charge on any atom is -0.495 e. The number of nitro groups is 1. The third kappa shape index (κ3) is 3.24. The van der Waals surface area contributed by atoms with Crippen LogP contribution in [0.1, 0.15) is 5.56 Å². The van der Waals surface area contributed by atoms with Crippen LogP contribution in [-0.4, -0.2) is 23.2 Å². The quantitative estimate of drug-likeness (QED) is 0.470. The van der Waals surface area contributed by atoms with E-state index < -0.39 is 16.1 Å². The van der Waals surface area contributed by atoms with E-state index in [0.717, 1.165) is 16.7 Å². The first-order valence-electron chi connectivity index (χ1n) is 7.16. The molecule has 1 saturated heterocycles. The number of ether oxygens (including phenoxy) is 1. The summed E-state index contributed by atoms with van der Waals surface area (Å²) in [5.74, 6) is -0.0904. The predicted octanol–water partition coefficient (Wildman–Crippen LogP) is 3.84. The molecule has 0 bridgehead atoms. The van der Waals surface area contributed by atoms with E-state index >= 15 is 0 Å². The smallest absolute Gasteiger partial charge is 0.298 e. The third-order valence-electron chi connectivity index (χ3n) is 3.50. The van der Waals surface area contributed by atoms with Gasteiger partial charge in [0.15, 0.2) is 0 Å². The number of rotatable bonds is 4. The summed E-state index contributed by atoms with van der Waals surface area (Å²) in [5, 5.41) is 10.4. The van der Waals surface area contributed by atoms with Gasteiger partial charge in [0.2, 0.25) is 0 Å². The van der Waals surface area contributed by atoms with Crippen LogP contribution in [0.4, 0.5) is 16.2 Å². The molecule has 1 aliphatic heterocycles. The Kier molecular flexibility index (Phi) is 4.53. The number of benzene rings is 2. The van der Waals surface area contributed by atoms with Crippen LogP contribution in [0, 0.1) is 10.1 Å². The minimum atomic E-state index is -0.516. The van der Waals surface area contributed by atoms with E-state index in [1.807, 2.05) is 0 Å². The summed E-state index contributed by atoms with van der Waals surface area (Å²) in [4.78, 5) is 36.5. The molecule has 0 aliphatic carbocycles.